The summed E-state index contributed by atoms with van der Waals surface area (Å²) in [4.78, 5) is 3.11. The molecule has 0 N–H and O–H groups in total. The molecule has 0 nitrogen and oxygen atoms in total. The molecular weight excluding hydrogens is 296 g/mol. The lowest BCUT2D eigenvalue weighted by Crippen LogP contribution is -2.23. The third kappa shape index (κ3) is 1.69. The first-order valence-electron chi connectivity index (χ1n) is 8.97. The third-order valence-corrected chi connectivity index (χ3v) is 7.84. The van der Waals surface area contributed by atoms with Gasteiger partial charge in [-0.1, -0.05) is 53.3 Å². The van der Waals surface area contributed by atoms with Crippen LogP contribution in [-0.4, -0.2) is 0 Å². The molecule has 1 aliphatic heterocycles. The molecule has 0 amide bonds. The second-order valence-corrected chi connectivity index (χ2v) is 8.73. The van der Waals surface area contributed by atoms with E-state index in [0.29, 0.717) is 5.92 Å². The third-order valence-electron chi connectivity index (χ3n) is 6.61. The maximum atomic E-state index is 2.57. The number of allylic oxidation sites excluding steroid dienone is 8. The molecule has 0 aromatic heterocycles. The van der Waals surface area contributed by atoms with Gasteiger partial charge < -0.3 is 0 Å². The highest BCUT2D eigenvalue weighted by molar-refractivity contribution is 8.03. The summed E-state index contributed by atoms with van der Waals surface area (Å²) in [7, 11) is 0. The maximum absolute atomic E-state index is 2.57. The molecule has 3 unspecified atom stereocenters. The van der Waals surface area contributed by atoms with Crippen molar-refractivity contribution in [3.05, 3.63) is 75.3 Å². The van der Waals surface area contributed by atoms with Gasteiger partial charge in [-0.2, -0.15) is 0 Å². The van der Waals surface area contributed by atoms with Gasteiger partial charge in [-0.05, 0) is 77.7 Å². The van der Waals surface area contributed by atoms with Crippen molar-refractivity contribution in [2.24, 2.45) is 11.8 Å². The molecule has 1 heterocycles. The van der Waals surface area contributed by atoms with Crippen molar-refractivity contribution in [1.29, 1.82) is 0 Å². The van der Waals surface area contributed by atoms with Crippen molar-refractivity contribution in [1.82, 2.24) is 0 Å². The van der Waals surface area contributed by atoms with Crippen molar-refractivity contribution < 1.29 is 0 Å². The Balaban J connectivity index is 1.40. The molecule has 1 aromatic rings. The number of benzene rings is 1. The zero-order valence-electron chi connectivity index (χ0n) is 13.2. The molecule has 0 radical (unpaired) electrons. The van der Waals surface area contributed by atoms with E-state index in [1.54, 1.807) is 27.2 Å². The van der Waals surface area contributed by atoms with Gasteiger partial charge in [-0.3, -0.25) is 0 Å². The fourth-order valence-electron chi connectivity index (χ4n) is 5.60. The molecule has 4 aliphatic carbocycles. The molecule has 0 bridgehead atoms. The highest BCUT2D eigenvalue weighted by Gasteiger charge is 2.43. The largest absolute Gasteiger partial charge is 0.0936 e. The summed E-state index contributed by atoms with van der Waals surface area (Å²) in [5, 5.41) is 0. The van der Waals surface area contributed by atoms with Gasteiger partial charge in [-0.25, -0.2) is 0 Å². The first-order valence-corrected chi connectivity index (χ1v) is 9.79. The smallest absolute Gasteiger partial charge is 0.0201 e. The molecule has 0 fully saturated rings. The zero-order valence-corrected chi connectivity index (χ0v) is 14.0. The number of rotatable bonds is 0. The van der Waals surface area contributed by atoms with E-state index in [1.165, 1.54) is 37.0 Å². The Kier molecular flexibility index (Phi) is 2.55. The van der Waals surface area contributed by atoms with Crippen LogP contribution in [0.25, 0.3) is 0 Å². The molecule has 0 spiro atoms. The van der Waals surface area contributed by atoms with Crippen LogP contribution in [0.3, 0.4) is 0 Å². The summed E-state index contributed by atoms with van der Waals surface area (Å²) in [6.07, 6.45) is 13.9. The van der Waals surface area contributed by atoms with E-state index in [0.717, 1.165) is 11.8 Å². The zero-order chi connectivity index (χ0) is 15.0. The minimum absolute atomic E-state index is 0.652. The van der Waals surface area contributed by atoms with E-state index < -0.39 is 0 Å². The summed E-state index contributed by atoms with van der Waals surface area (Å²) in [6.45, 7) is 0. The fourth-order valence-corrected chi connectivity index (χ4v) is 6.88. The molecule has 6 rings (SSSR count). The van der Waals surface area contributed by atoms with Gasteiger partial charge in [0.1, 0.15) is 0 Å². The molecule has 3 atom stereocenters. The fraction of sp³-hybridized carbons (Fsp3) is 0.364. The van der Waals surface area contributed by atoms with E-state index in [1.807, 2.05) is 17.3 Å². The van der Waals surface area contributed by atoms with Crippen LogP contribution in [0.5, 0.6) is 0 Å². The average Bonchev–Trinajstić information content (AvgIpc) is 3.24. The Morgan fingerprint density at radius 2 is 2.00 bits per heavy atom. The minimum atomic E-state index is 0.652. The van der Waals surface area contributed by atoms with Crippen molar-refractivity contribution in [2.45, 2.75) is 42.9 Å². The van der Waals surface area contributed by atoms with E-state index in [4.69, 9.17) is 0 Å². The molecule has 23 heavy (non-hydrogen) atoms. The summed E-state index contributed by atoms with van der Waals surface area (Å²) in [5.74, 6) is 2.31. The molecular formula is C22H20S. The van der Waals surface area contributed by atoms with E-state index in [2.05, 4.69) is 42.5 Å². The number of thioether (sulfide) groups is 1. The van der Waals surface area contributed by atoms with Crippen LogP contribution in [0, 0.1) is 11.8 Å². The predicted octanol–water partition coefficient (Wildman–Crippen LogP) is 6.15. The standard InChI is InChI=1S/C22H20S/c1-2-7-21-17(5-1)20-12-18-14(11-22(20)23-21)8-9-16-15-6-3-4-13(15)10-19(16)18/h1-3,5-7,11,16,19-20H,4,8-10,12H2. The molecule has 1 aromatic carbocycles. The monoisotopic (exact) mass is 316 g/mol. The topological polar surface area (TPSA) is 0 Å². The van der Waals surface area contributed by atoms with E-state index in [9.17, 15) is 0 Å². The number of fused-ring (bicyclic) bond motifs is 6. The average molecular weight is 316 g/mol. The van der Waals surface area contributed by atoms with Crippen LogP contribution in [0.2, 0.25) is 0 Å². The number of hydrogen-bond acceptors (Lipinski definition) is 1. The first-order chi connectivity index (χ1) is 11.4. The molecule has 114 valence electrons. The lowest BCUT2D eigenvalue weighted by molar-refractivity contribution is 0.396. The summed E-state index contributed by atoms with van der Waals surface area (Å²) in [5.41, 5.74) is 8.57. The molecule has 1 heteroatoms. The van der Waals surface area contributed by atoms with Crippen molar-refractivity contribution in [3.63, 3.8) is 0 Å². The Morgan fingerprint density at radius 1 is 1.04 bits per heavy atom. The molecule has 0 saturated heterocycles. The summed E-state index contributed by atoms with van der Waals surface area (Å²) >= 11 is 2.02. The molecule has 5 aliphatic rings. The van der Waals surface area contributed by atoms with Crippen LogP contribution in [0.15, 0.2) is 74.6 Å². The van der Waals surface area contributed by atoms with Gasteiger partial charge >= 0.3 is 0 Å². The lowest BCUT2D eigenvalue weighted by atomic mass is 9.69. The highest BCUT2D eigenvalue weighted by atomic mass is 32.2. The minimum Gasteiger partial charge on any atom is -0.0936 e. The van der Waals surface area contributed by atoms with Crippen LogP contribution in [0.1, 0.15) is 43.6 Å². The van der Waals surface area contributed by atoms with Crippen molar-refractivity contribution in [2.75, 3.05) is 0 Å². The van der Waals surface area contributed by atoms with Gasteiger partial charge in [0.15, 0.2) is 0 Å². The Morgan fingerprint density at radius 3 is 3.00 bits per heavy atom. The summed E-state index contributed by atoms with van der Waals surface area (Å²) < 4.78 is 0. The van der Waals surface area contributed by atoms with Gasteiger partial charge in [0, 0.05) is 10.8 Å². The maximum Gasteiger partial charge on any atom is 0.0201 e. The van der Waals surface area contributed by atoms with Crippen LogP contribution >= 0.6 is 11.8 Å². The Hall–Kier alpha value is -1.47. The second kappa shape index (κ2) is 4.54. The Bertz CT molecular complexity index is 848. The van der Waals surface area contributed by atoms with Gasteiger partial charge in [0.2, 0.25) is 0 Å². The SMILES string of the molecule is C1=CC2=C(C1)CC1C3=C(C=C4Sc5ccccc5C4C3)CCC21. The van der Waals surface area contributed by atoms with E-state index in [-0.39, 0.29) is 0 Å². The summed E-state index contributed by atoms with van der Waals surface area (Å²) in [6, 6.07) is 9.06. The van der Waals surface area contributed by atoms with Gasteiger partial charge in [0.05, 0.1) is 0 Å². The quantitative estimate of drug-likeness (QED) is 0.553. The first kappa shape index (κ1) is 12.9. The predicted molar refractivity (Wildman–Crippen MR) is 96.4 cm³/mol. The van der Waals surface area contributed by atoms with Crippen molar-refractivity contribution in [3.8, 4) is 0 Å². The van der Waals surface area contributed by atoms with Gasteiger partial charge in [-0.15, -0.1) is 0 Å². The lowest BCUT2D eigenvalue weighted by Gasteiger charge is -2.36. The number of hydrogen-bond donors (Lipinski definition) is 0. The highest BCUT2D eigenvalue weighted by Crippen LogP contribution is 2.59. The normalized spacial score (nSPS) is 33.2. The van der Waals surface area contributed by atoms with Crippen LogP contribution < -0.4 is 0 Å². The van der Waals surface area contributed by atoms with Crippen molar-refractivity contribution >= 4 is 11.8 Å². The van der Waals surface area contributed by atoms with Crippen LogP contribution in [-0.2, 0) is 0 Å². The van der Waals surface area contributed by atoms with Gasteiger partial charge in [0.25, 0.3) is 0 Å². The van der Waals surface area contributed by atoms with E-state index >= 15 is 0 Å². The van der Waals surface area contributed by atoms with Crippen LogP contribution in [0.4, 0.5) is 0 Å². The Labute approximate surface area is 142 Å². The molecule has 0 saturated carbocycles. The second-order valence-electron chi connectivity index (χ2n) is 7.61.